The minimum absolute atomic E-state index is 0.0206. The number of Topliss-reactive ketones (excluding diaryl/α,β-unsaturated/α-hetero) is 1. The summed E-state index contributed by atoms with van der Waals surface area (Å²) in [5.41, 5.74) is -0.0206. The van der Waals surface area contributed by atoms with Crippen LogP contribution >= 0.6 is 0 Å². The summed E-state index contributed by atoms with van der Waals surface area (Å²) in [6, 6.07) is 0. The van der Waals surface area contributed by atoms with Gasteiger partial charge in [0.05, 0.1) is 0 Å². The van der Waals surface area contributed by atoms with Crippen molar-refractivity contribution in [2.75, 3.05) is 13.1 Å². The van der Waals surface area contributed by atoms with Crippen LogP contribution in [0, 0.1) is 5.41 Å². The first-order valence-corrected chi connectivity index (χ1v) is 7.10. The molecule has 2 heteroatoms. The van der Waals surface area contributed by atoms with Gasteiger partial charge in [-0.2, -0.15) is 0 Å². The van der Waals surface area contributed by atoms with E-state index in [0.717, 1.165) is 58.0 Å². The lowest BCUT2D eigenvalue weighted by atomic mass is 9.77. The van der Waals surface area contributed by atoms with Gasteiger partial charge in [-0.15, -0.1) is 6.58 Å². The predicted molar refractivity (Wildman–Crippen MR) is 73.1 cm³/mol. The molecule has 0 bridgehead atoms. The molecule has 1 saturated heterocycles. The molecule has 1 N–H and O–H groups in total. The highest BCUT2D eigenvalue weighted by Gasteiger charge is 2.38. The molecule has 17 heavy (non-hydrogen) atoms. The number of rotatable bonds is 9. The van der Waals surface area contributed by atoms with Gasteiger partial charge < -0.3 is 5.32 Å². The van der Waals surface area contributed by atoms with E-state index in [4.69, 9.17) is 0 Å². The number of carbonyl (C=O) groups is 1. The molecule has 0 spiro atoms. The van der Waals surface area contributed by atoms with Gasteiger partial charge in [-0.05, 0) is 38.6 Å². The molecule has 1 fully saturated rings. The average Bonchev–Trinajstić information content (AvgIpc) is 2.79. The molecule has 2 nitrogen and oxygen atoms in total. The Balaban J connectivity index is 2.30. The Labute approximate surface area is 106 Å². The number of allylic oxidation sites excluding steroid dienone is 1. The van der Waals surface area contributed by atoms with Gasteiger partial charge in [-0.1, -0.05) is 25.8 Å². The molecule has 1 heterocycles. The highest BCUT2D eigenvalue weighted by molar-refractivity contribution is 5.85. The van der Waals surface area contributed by atoms with Gasteiger partial charge in [-0.25, -0.2) is 0 Å². The molecule has 0 aromatic heterocycles. The summed E-state index contributed by atoms with van der Waals surface area (Å²) < 4.78 is 0. The monoisotopic (exact) mass is 237 g/mol. The molecule has 1 aliphatic heterocycles. The van der Waals surface area contributed by atoms with Gasteiger partial charge in [0.15, 0.2) is 0 Å². The molecule has 0 aliphatic carbocycles. The third-order valence-electron chi connectivity index (χ3n) is 3.88. The van der Waals surface area contributed by atoms with E-state index in [9.17, 15) is 4.79 Å². The summed E-state index contributed by atoms with van der Waals surface area (Å²) in [5, 5.41) is 3.36. The topological polar surface area (TPSA) is 29.1 Å². The second-order valence-corrected chi connectivity index (χ2v) is 5.27. The largest absolute Gasteiger partial charge is 0.316 e. The molecule has 98 valence electrons. The van der Waals surface area contributed by atoms with Gasteiger partial charge in [0.25, 0.3) is 0 Å². The normalized spacial score (nSPS) is 23.8. The molecule has 0 radical (unpaired) electrons. The second kappa shape index (κ2) is 7.65. The second-order valence-electron chi connectivity index (χ2n) is 5.27. The first-order valence-electron chi connectivity index (χ1n) is 7.10. The zero-order valence-corrected chi connectivity index (χ0v) is 11.3. The Kier molecular flexibility index (Phi) is 6.49. The van der Waals surface area contributed by atoms with E-state index in [-0.39, 0.29) is 5.41 Å². The van der Waals surface area contributed by atoms with Crippen LogP contribution in [0.4, 0.5) is 0 Å². The number of hydrogen-bond acceptors (Lipinski definition) is 2. The first-order chi connectivity index (χ1) is 8.25. The maximum atomic E-state index is 12.3. The lowest BCUT2D eigenvalue weighted by molar-refractivity contribution is -0.128. The number of hydrogen-bond donors (Lipinski definition) is 1. The van der Waals surface area contributed by atoms with E-state index in [1.165, 1.54) is 6.42 Å². The van der Waals surface area contributed by atoms with E-state index < -0.39 is 0 Å². The molecule has 1 atom stereocenters. The summed E-state index contributed by atoms with van der Waals surface area (Å²) in [4.78, 5) is 12.3. The Bertz CT molecular complexity index is 241. The standard InChI is InChI=1S/C15H27NO/c1-3-5-6-7-8-9-14(17)15(10-4-2)11-12-16-13-15/h3,16H,1,4-13H2,2H3. The Hall–Kier alpha value is -0.630. The number of unbranched alkanes of at least 4 members (excludes halogenated alkanes) is 3. The highest BCUT2D eigenvalue weighted by atomic mass is 16.1. The van der Waals surface area contributed by atoms with Crippen LogP contribution in [0.5, 0.6) is 0 Å². The van der Waals surface area contributed by atoms with Crippen molar-refractivity contribution in [3.05, 3.63) is 12.7 Å². The van der Waals surface area contributed by atoms with Gasteiger partial charge in [-0.3, -0.25) is 4.79 Å². The Morgan fingerprint density at radius 3 is 2.82 bits per heavy atom. The van der Waals surface area contributed by atoms with Crippen molar-refractivity contribution in [2.24, 2.45) is 5.41 Å². The Morgan fingerprint density at radius 2 is 2.24 bits per heavy atom. The van der Waals surface area contributed by atoms with Crippen LogP contribution in [0.2, 0.25) is 0 Å². The molecule has 1 rings (SSSR count). The fraction of sp³-hybridized carbons (Fsp3) is 0.800. The molecule has 0 saturated carbocycles. The van der Waals surface area contributed by atoms with E-state index in [0.29, 0.717) is 5.78 Å². The maximum Gasteiger partial charge on any atom is 0.140 e. The molecule has 1 unspecified atom stereocenters. The van der Waals surface area contributed by atoms with Crippen molar-refractivity contribution in [3.8, 4) is 0 Å². The van der Waals surface area contributed by atoms with Gasteiger partial charge in [0, 0.05) is 18.4 Å². The van der Waals surface area contributed by atoms with Crippen molar-refractivity contribution >= 4 is 5.78 Å². The van der Waals surface area contributed by atoms with Crippen LogP contribution in [0.1, 0.15) is 58.3 Å². The Morgan fingerprint density at radius 1 is 1.41 bits per heavy atom. The molecule has 1 aliphatic rings. The van der Waals surface area contributed by atoms with E-state index in [1.54, 1.807) is 0 Å². The third-order valence-corrected chi connectivity index (χ3v) is 3.88. The minimum Gasteiger partial charge on any atom is -0.316 e. The molecule has 0 aromatic carbocycles. The fourth-order valence-corrected chi connectivity index (χ4v) is 2.83. The van der Waals surface area contributed by atoms with Crippen LogP contribution in [0.25, 0.3) is 0 Å². The smallest absolute Gasteiger partial charge is 0.140 e. The molecular formula is C15H27NO. The van der Waals surface area contributed by atoms with Crippen molar-refractivity contribution in [1.29, 1.82) is 0 Å². The maximum absolute atomic E-state index is 12.3. The SMILES string of the molecule is C=CCCCCCC(=O)C1(CCC)CCNC1. The number of carbonyl (C=O) groups excluding carboxylic acids is 1. The molecular weight excluding hydrogens is 210 g/mol. The summed E-state index contributed by atoms with van der Waals surface area (Å²) in [6.07, 6.45) is 10.4. The summed E-state index contributed by atoms with van der Waals surface area (Å²) in [7, 11) is 0. The minimum atomic E-state index is -0.0206. The van der Waals surface area contributed by atoms with Crippen LogP contribution in [0.3, 0.4) is 0 Å². The van der Waals surface area contributed by atoms with Crippen LogP contribution < -0.4 is 5.32 Å². The van der Waals surface area contributed by atoms with Gasteiger partial charge in [0.2, 0.25) is 0 Å². The average molecular weight is 237 g/mol. The van der Waals surface area contributed by atoms with Crippen molar-refractivity contribution in [1.82, 2.24) is 5.32 Å². The first kappa shape index (κ1) is 14.4. The molecule has 0 aromatic rings. The number of ketones is 1. The fourth-order valence-electron chi connectivity index (χ4n) is 2.83. The highest BCUT2D eigenvalue weighted by Crippen LogP contribution is 2.33. The zero-order valence-electron chi connectivity index (χ0n) is 11.3. The van der Waals surface area contributed by atoms with Crippen molar-refractivity contribution in [3.63, 3.8) is 0 Å². The van der Waals surface area contributed by atoms with Crippen LogP contribution in [0.15, 0.2) is 12.7 Å². The van der Waals surface area contributed by atoms with Gasteiger partial charge >= 0.3 is 0 Å². The van der Waals surface area contributed by atoms with E-state index >= 15 is 0 Å². The summed E-state index contributed by atoms with van der Waals surface area (Å²) >= 11 is 0. The predicted octanol–water partition coefficient (Wildman–Crippen LogP) is 3.47. The van der Waals surface area contributed by atoms with Gasteiger partial charge in [0.1, 0.15) is 5.78 Å². The lowest BCUT2D eigenvalue weighted by Crippen LogP contribution is -2.33. The summed E-state index contributed by atoms with van der Waals surface area (Å²) in [6.45, 7) is 7.82. The van der Waals surface area contributed by atoms with E-state index in [2.05, 4.69) is 18.8 Å². The van der Waals surface area contributed by atoms with Crippen LogP contribution in [-0.4, -0.2) is 18.9 Å². The van der Waals surface area contributed by atoms with Crippen molar-refractivity contribution in [2.45, 2.75) is 58.3 Å². The van der Waals surface area contributed by atoms with Crippen molar-refractivity contribution < 1.29 is 4.79 Å². The lowest BCUT2D eigenvalue weighted by Gasteiger charge is -2.26. The number of nitrogens with one attached hydrogen (secondary N) is 1. The molecule has 0 amide bonds. The summed E-state index contributed by atoms with van der Waals surface area (Å²) in [5.74, 6) is 0.503. The quantitative estimate of drug-likeness (QED) is 0.491. The van der Waals surface area contributed by atoms with Crippen LogP contribution in [-0.2, 0) is 4.79 Å². The zero-order chi connectivity index (χ0) is 12.6. The third kappa shape index (κ3) is 4.27. The van der Waals surface area contributed by atoms with E-state index in [1.807, 2.05) is 6.08 Å².